The predicted octanol–water partition coefficient (Wildman–Crippen LogP) is 3.29. The third kappa shape index (κ3) is 5.53. The van der Waals surface area contributed by atoms with Crippen molar-refractivity contribution < 1.29 is 23.5 Å². The van der Waals surface area contributed by atoms with E-state index in [0.717, 1.165) is 31.7 Å². The third-order valence-electron chi connectivity index (χ3n) is 4.26. The quantitative estimate of drug-likeness (QED) is 0.698. The molecule has 1 fully saturated rings. The normalized spacial score (nSPS) is 23.3. The minimum absolute atomic E-state index is 0.122. The van der Waals surface area contributed by atoms with Crippen LogP contribution in [0.3, 0.4) is 0 Å². The molecule has 132 valence electrons. The van der Waals surface area contributed by atoms with Crippen molar-refractivity contribution in [2.24, 2.45) is 0 Å². The van der Waals surface area contributed by atoms with E-state index < -0.39 is 14.7 Å². The Morgan fingerprint density at radius 1 is 1.18 bits per heavy atom. The molecule has 22 heavy (non-hydrogen) atoms. The van der Waals surface area contributed by atoms with Crippen molar-refractivity contribution in [1.82, 2.24) is 5.32 Å². The predicted molar refractivity (Wildman–Crippen MR) is 89.4 cm³/mol. The first-order valence-corrected chi connectivity index (χ1v) is 10.1. The Morgan fingerprint density at radius 2 is 1.82 bits per heavy atom. The lowest BCUT2D eigenvalue weighted by Gasteiger charge is -2.47. The Balaban J connectivity index is 0.000000534. The Labute approximate surface area is 135 Å². The zero-order chi connectivity index (χ0) is 17.1. The standard InChI is InChI=1S/C11H24O3Si.C4H9NO2/c1-5-8-11(12-2)9-6-7-10-15(11,13-3)14-4;1-2-3-5-4(6)7/h5-10H2,1-4H3;5H,2-3H2,1H3,(H,6,7). The Bertz CT molecular complexity index is 308. The average Bonchev–Trinajstić information content (AvgIpc) is 2.54. The smallest absolute Gasteiger partial charge is 0.404 e. The highest BCUT2D eigenvalue weighted by atomic mass is 28.4. The molecule has 1 rings (SSSR count). The van der Waals surface area contributed by atoms with Crippen LogP contribution in [0.4, 0.5) is 4.79 Å². The molecule has 1 aliphatic heterocycles. The minimum atomic E-state index is -2.15. The lowest BCUT2D eigenvalue weighted by atomic mass is 10.1. The van der Waals surface area contributed by atoms with Gasteiger partial charge in [0.15, 0.2) is 0 Å². The van der Waals surface area contributed by atoms with E-state index in [1.807, 2.05) is 6.92 Å². The summed E-state index contributed by atoms with van der Waals surface area (Å²) in [6, 6.07) is 1.06. The number of carbonyl (C=O) groups is 1. The molecule has 1 heterocycles. The fraction of sp³-hybridized carbons (Fsp3) is 0.933. The Kier molecular flexibility index (Phi) is 10.7. The van der Waals surface area contributed by atoms with Gasteiger partial charge in [0.05, 0.1) is 0 Å². The molecule has 0 bridgehead atoms. The number of hydrogen-bond acceptors (Lipinski definition) is 4. The molecule has 2 N–H and O–H groups in total. The van der Waals surface area contributed by atoms with Crippen LogP contribution in [0, 0.1) is 0 Å². The Morgan fingerprint density at radius 3 is 2.18 bits per heavy atom. The summed E-state index contributed by atoms with van der Waals surface area (Å²) in [7, 11) is 3.22. The zero-order valence-electron chi connectivity index (χ0n) is 14.7. The van der Waals surface area contributed by atoms with Crippen molar-refractivity contribution in [3.8, 4) is 0 Å². The van der Waals surface area contributed by atoms with Crippen LogP contribution in [-0.4, -0.2) is 52.9 Å². The molecule has 0 aliphatic carbocycles. The van der Waals surface area contributed by atoms with Crippen LogP contribution < -0.4 is 5.32 Å². The van der Waals surface area contributed by atoms with E-state index in [1.165, 1.54) is 12.8 Å². The maximum atomic E-state index is 9.65. The molecule has 7 heteroatoms. The molecular weight excluding hydrogens is 302 g/mol. The second-order valence-electron chi connectivity index (χ2n) is 5.55. The van der Waals surface area contributed by atoms with Crippen molar-refractivity contribution >= 4 is 14.7 Å². The number of ether oxygens (including phenoxy) is 1. The van der Waals surface area contributed by atoms with E-state index in [4.69, 9.17) is 18.7 Å². The van der Waals surface area contributed by atoms with E-state index in [2.05, 4.69) is 12.2 Å². The molecule has 1 unspecified atom stereocenters. The summed E-state index contributed by atoms with van der Waals surface area (Å²) in [4.78, 5) is 9.65. The van der Waals surface area contributed by atoms with Gasteiger partial charge in [-0.2, -0.15) is 0 Å². The van der Waals surface area contributed by atoms with E-state index >= 15 is 0 Å². The van der Waals surface area contributed by atoms with Gasteiger partial charge in [0.2, 0.25) is 0 Å². The molecule has 0 radical (unpaired) electrons. The van der Waals surface area contributed by atoms with Crippen LogP contribution in [0.2, 0.25) is 6.04 Å². The van der Waals surface area contributed by atoms with Gasteiger partial charge in [0, 0.05) is 27.9 Å². The van der Waals surface area contributed by atoms with Crippen molar-refractivity contribution in [1.29, 1.82) is 0 Å². The second kappa shape index (κ2) is 11.0. The van der Waals surface area contributed by atoms with Crippen LogP contribution in [0.15, 0.2) is 0 Å². The van der Waals surface area contributed by atoms with Gasteiger partial charge in [-0.15, -0.1) is 0 Å². The molecule has 0 spiro atoms. The maximum Gasteiger partial charge on any atom is 0.404 e. The van der Waals surface area contributed by atoms with Gasteiger partial charge in [0.25, 0.3) is 0 Å². The summed E-state index contributed by atoms with van der Waals surface area (Å²) in [5, 5.41) is 10.0. The number of amides is 1. The number of carboxylic acid groups (broad SMARTS) is 1. The maximum absolute atomic E-state index is 9.65. The summed E-state index contributed by atoms with van der Waals surface area (Å²) in [5.41, 5.74) is 0. The van der Waals surface area contributed by atoms with Crippen LogP contribution in [0.25, 0.3) is 0 Å². The van der Waals surface area contributed by atoms with E-state index in [0.29, 0.717) is 6.54 Å². The lowest BCUT2D eigenvalue weighted by Crippen LogP contribution is -2.64. The van der Waals surface area contributed by atoms with Crippen LogP contribution in [0.1, 0.15) is 52.4 Å². The van der Waals surface area contributed by atoms with E-state index in [-0.39, 0.29) is 5.22 Å². The summed E-state index contributed by atoms with van der Waals surface area (Å²) < 4.78 is 17.4. The highest BCUT2D eigenvalue weighted by Crippen LogP contribution is 2.42. The van der Waals surface area contributed by atoms with Gasteiger partial charge < -0.3 is 24.0 Å². The number of nitrogens with one attached hydrogen (secondary N) is 1. The largest absolute Gasteiger partial charge is 0.465 e. The number of rotatable bonds is 7. The molecule has 0 aromatic carbocycles. The van der Waals surface area contributed by atoms with Gasteiger partial charge in [-0.05, 0) is 25.3 Å². The fourth-order valence-corrected chi connectivity index (χ4v) is 7.15. The molecule has 6 nitrogen and oxygen atoms in total. The van der Waals surface area contributed by atoms with Crippen molar-refractivity contribution in [3.05, 3.63) is 0 Å². The van der Waals surface area contributed by atoms with Crippen molar-refractivity contribution in [2.45, 2.75) is 63.6 Å². The van der Waals surface area contributed by atoms with Gasteiger partial charge in [0.1, 0.15) is 5.22 Å². The molecule has 0 aromatic heterocycles. The molecule has 1 amide bonds. The van der Waals surface area contributed by atoms with Gasteiger partial charge in [-0.25, -0.2) is 4.79 Å². The molecule has 0 aromatic rings. The highest BCUT2D eigenvalue weighted by molar-refractivity contribution is 6.70. The molecule has 0 saturated carbocycles. The third-order valence-corrected chi connectivity index (χ3v) is 8.68. The highest BCUT2D eigenvalue weighted by Gasteiger charge is 2.58. The monoisotopic (exact) mass is 335 g/mol. The summed E-state index contributed by atoms with van der Waals surface area (Å²) >= 11 is 0. The first-order chi connectivity index (χ1) is 10.5. The van der Waals surface area contributed by atoms with Crippen molar-refractivity contribution in [3.63, 3.8) is 0 Å². The van der Waals surface area contributed by atoms with Gasteiger partial charge in [-0.3, -0.25) is 0 Å². The molecule has 1 aliphatic rings. The van der Waals surface area contributed by atoms with E-state index in [1.54, 1.807) is 21.3 Å². The first-order valence-electron chi connectivity index (χ1n) is 8.09. The molecule has 1 saturated heterocycles. The number of methoxy groups -OCH3 is 1. The fourth-order valence-electron chi connectivity index (χ4n) is 3.16. The SMILES string of the molecule is CCCC1(OC)CCCC[Si]1(OC)OC.CCCNC(=O)O. The first kappa shape index (κ1) is 21.4. The topological polar surface area (TPSA) is 77.0 Å². The van der Waals surface area contributed by atoms with Crippen molar-refractivity contribution in [2.75, 3.05) is 27.9 Å². The minimum Gasteiger partial charge on any atom is -0.465 e. The van der Waals surface area contributed by atoms with Gasteiger partial charge >= 0.3 is 14.7 Å². The summed E-state index contributed by atoms with van der Waals surface area (Å²) in [6.45, 7) is 4.66. The number of hydrogen-bond donors (Lipinski definition) is 2. The zero-order valence-corrected chi connectivity index (χ0v) is 15.7. The average molecular weight is 336 g/mol. The van der Waals surface area contributed by atoms with Gasteiger partial charge in [-0.1, -0.05) is 33.1 Å². The molecule has 1 atom stereocenters. The van der Waals surface area contributed by atoms with Crippen LogP contribution in [-0.2, 0) is 13.6 Å². The molecular formula is C15H33NO5Si. The Hall–Kier alpha value is -0.633. The summed E-state index contributed by atoms with van der Waals surface area (Å²) in [6.07, 6.45) is 5.62. The van der Waals surface area contributed by atoms with Crippen LogP contribution in [0.5, 0.6) is 0 Å². The van der Waals surface area contributed by atoms with E-state index in [9.17, 15) is 4.79 Å². The lowest BCUT2D eigenvalue weighted by molar-refractivity contribution is -0.0149. The second-order valence-corrected chi connectivity index (χ2v) is 9.28. The van der Waals surface area contributed by atoms with Crippen LogP contribution >= 0.6 is 0 Å². The summed E-state index contributed by atoms with van der Waals surface area (Å²) in [5.74, 6) is 0.